The molecule has 5 aromatic rings. The van der Waals surface area contributed by atoms with E-state index < -0.39 is 0 Å². The highest BCUT2D eigenvalue weighted by atomic mass is 35.5. The van der Waals surface area contributed by atoms with E-state index in [9.17, 15) is 4.79 Å². The number of carbonyl (C=O) groups is 1. The number of ether oxygens (including phenoxy) is 1. The van der Waals surface area contributed by atoms with Crippen LogP contribution in [0.3, 0.4) is 0 Å². The Kier molecular flexibility index (Phi) is 7.80. The molecule has 208 valence electrons. The number of halogens is 1. The average Bonchev–Trinajstić information content (AvgIpc) is 3.40. The van der Waals surface area contributed by atoms with E-state index in [2.05, 4.69) is 41.0 Å². The fourth-order valence-corrected chi connectivity index (χ4v) is 5.96. The van der Waals surface area contributed by atoms with Crippen molar-refractivity contribution in [2.45, 2.75) is 44.8 Å². The van der Waals surface area contributed by atoms with Gasteiger partial charge >= 0.3 is 0 Å². The van der Waals surface area contributed by atoms with Gasteiger partial charge in [-0.05, 0) is 90.2 Å². The monoisotopic (exact) mass is 563 g/mol. The zero-order chi connectivity index (χ0) is 28.3. The Bertz CT molecular complexity index is 1670. The first-order valence-electron chi connectivity index (χ1n) is 14.3. The van der Waals surface area contributed by atoms with Crippen molar-refractivity contribution >= 4 is 28.5 Å². The van der Waals surface area contributed by atoms with Gasteiger partial charge in [0.15, 0.2) is 0 Å². The van der Waals surface area contributed by atoms with Crippen molar-refractivity contribution in [3.8, 4) is 28.3 Å². The Morgan fingerprint density at radius 2 is 1.61 bits per heavy atom. The summed E-state index contributed by atoms with van der Waals surface area (Å²) in [4.78, 5) is 19.3. The molecular formula is C35H34ClN3O2. The van der Waals surface area contributed by atoms with Gasteiger partial charge in [0.25, 0.3) is 5.91 Å². The topological polar surface area (TPSA) is 47.4 Å². The molecule has 0 aliphatic heterocycles. The summed E-state index contributed by atoms with van der Waals surface area (Å²) in [5.41, 5.74) is 6.92. The molecule has 0 spiro atoms. The summed E-state index contributed by atoms with van der Waals surface area (Å²) in [7, 11) is 3.52. The lowest BCUT2D eigenvalue weighted by molar-refractivity contribution is 0.0827. The summed E-state index contributed by atoms with van der Waals surface area (Å²) in [5.74, 6) is 1.74. The van der Waals surface area contributed by atoms with E-state index in [0.717, 1.165) is 39.3 Å². The van der Waals surface area contributed by atoms with Crippen molar-refractivity contribution < 1.29 is 9.53 Å². The summed E-state index contributed by atoms with van der Waals surface area (Å²) < 4.78 is 8.75. The Morgan fingerprint density at radius 1 is 0.902 bits per heavy atom. The molecular weight excluding hydrogens is 530 g/mol. The van der Waals surface area contributed by atoms with E-state index in [1.54, 1.807) is 19.0 Å². The molecule has 0 radical (unpaired) electrons. The molecule has 0 N–H and O–H groups in total. The van der Waals surface area contributed by atoms with Crippen LogP contribution in [0, 0.1) is 0 Å². The number of nitrogens with zero attached hydrogens (tertiary/aromatic N) is 3. The molecule has 1 heterocycles. The Morgan fingerprint density at radius 3 is 2.34 bits per heavy atom. The van der Waals surface area contributed by atoms with Crippen LogP contribution in [-0.4, -0.2) is 34.5 Å². The minimum atomic E-state index is -0.0425. The van der Waals surface area contributed by atoms with Gasteiger partial charge in [0.1, 0.15) is 18.2 Å². The zero-order valence-electron chi connectivity index (χ0n) is 23.5. The van der Waals surface area contributed by atoms with Crippen LogP contribution in [0.2, 0.25) is 5.02 Å². The fourth-order valence-electron chi connectivity index (χ4n) is 5.83. The van der Waals surface area contributed by atoms with Gasteiger partial charge in [0.05, 0.1) is 11.0 Å². The molecule has 4 aromatic carbocycles. The molecule has 1 aromatic heterocycles. The van der Waals surface area contributed by atoms with Crippen LogP contribution < -0.4 is 4.74 Å². The van der Waals surface area contributed by atoms with Crippen molar-refractivity contribution in [2.24, 2.45) is 0 Å². The predicted octanol–water partition coefficient (Wildman–Crippen LogP) is 8.81. The third kappa shape index (κ3) is 5.73. The van der Waals surface area contributed by atoms with Crippen molar-refractivity contribution in [3.63, 3.8) is 0 Å². The number of aromatic nitrogens is 2. The second-order valence-corrected chi connectivity index (χ2v) is 11.4. The number of imidazole rings is 1. The maximum atomic E-state index is 12.7. The van der Waals surface area contributed by atoms with E-state index in [4.69, 9.17) is 21.3 Å². The number of para-hydroxylation sites is 2. The minimum absolute atomic E-state index is 0.0425. The van der Waals surface area contributed by atoms with Crippen molar-refractivity contribution in [2.75, 3.05) is 14.1 Å². The first kappa shape index (κ1) is 27.1. The molecule has 5 nitrogen and oxygen atoms in total. The number of amides is 1. The molecule has 1 aliphatic rings. The third-order valence-corrected chi connectivity index (χ3v) is 8.21. The van der Waals surface area contributed by atoms with Crippen molar-refractivity contribution in [1.82, 2.24) is 14.5 Å². The van der Waals surface area contributed by atoms with Crippen LogP contribution in [0.15, 0.2) is 91.0 Å². The molecule has 0 saturated heterocycles. The Balaban J connectivity index is 1.28. The normalized spacial score (nSPS) is 13.8. The number of fused-ring (bicyclic) bond motifs is 1. The average molecular weight is 564 g/mol. The molecule has 41 heavy (non-hydrogen) atoms. The molecule has 6 heteroatoms. The van der Waals surface area contributed by atoms with Gasteiger partial charge in [-0.2, -0.15) is 0 Å². The number of carbonyl (C=O) groups excluding carboxylic acids is 1. The first-order chi connectivity index (χ1) is 20.0. The molecule has 0 bridgehead atoms. The Hall–Kier alpha value is -4.09. The predicted molar refractivity (Wildman–Crippen MR) is 167 cm³/mol. The van der Waals surface area contributed by atoms with E-state index in [1.165, 1.54) is 37.6 Å². The van der Waals surface area contributed by atoms with Gasteiger partial charge in [0, 0.05) is 36.3 Å². The highest BCUT2D eigenvalue weighted by molar-refractivity contribution is 6.30. The molecule has 1 fully saturated rings. The van der Waals surface area contributed by atoms with Crippen LogP contribution in [0.25, 0.3) is 33.5 Å². The van der Waals surface area contributed by atoms with E-state index in [0.29, 0.717) is 23.2 Å². The van der Waals surface area contributed by atoms with Crippen LogP contribution in [-0.2, 0) is 6.61 Å². The standard InChI is InChI=1S/C35H34ClN3O2/c1-38(2)35(40)26-16-21-31(24-12-17-28(36)18-13-24)27(22-26)23-41-30-19-14-25(15-20-30)34-37-32-10-6-7-11-33(32)39(34)29-8-4-3-5-9-29/h6-7,10-22,29H,3-5,8-9,23H2,1-2H3. The van der Waals surface area contributed by atoms with Gasteiger partial charge in [0.2, 0.25) is 0 Å². The summed E-state index contributed by atoms with van der Waals surface area (Å²) in [6.45, 7) is 0.326. The maximum Gasteiger partial charge on any atom is 0.253 e. The lowest BCUT2D eigenvalue weighted by atomic mass is 9.95. The number of hydrogen-bond acceptors (Lipinski definition) is 3. The summed E-state index contributed by atoms with van der Waals surface area (Å²) in [6.07, 6.45) is 6.24. The SMILES string of the molecule is CN(C)C(=O)c1ccc(-c2ccc(Cl)cc2)c(COc2ccc(-c3nc4ccccc4n3C3CCCCC3)cc2)c1. The van der Waals surface area contributed by atoms with Gasteiger partial charge in [-0.15, -0.1) is 0 Å². The van der Waals surface area contributed by atoms with E-state index in [1.807, 2.05) is 54.6 Å². The van der Waals surface area contributed by atoms with Gasteiger partial charge in [-0.3, -0.25) is 4.79 Å². The number of benzene rings is 4. The zero-order valence-corrected chi connectivity index (χ0v) is 24.3. The smallest absolute Gasteiger partial charge is 0.253 e. The maximum absolute atomic E-state index is 12.7. The molecule has 6 rings (SSSR count). The molecule has 0 atom stereocenters. The molecule has 1 saturated carbocycles. The third-order valence-electron chi connectivity index (χ3n) is 7.96. The van der Waals surface area contributed by atoms with Crippen molar-refractivity contribution in [3.05, 3.63) is 107 Å². The number of rotatable bonds is 7. The fraction of sp³-hybridized carbons (Fsp3) is 0.257. The summed E-state index contributed by atoms with van der Waals surface area (Å²) in [5, 5.41) is 0.683. The first-order valence-corrected chi connectivity index (χ1v) is 14.7. The highest BCUT2D eigenvalue weighted by Crippen LogP contribution is 2.36. The van der Waals surface area contributed by atoms with Gasteiger partial charge in [-0.25, -0.2) is 4.98 Å². The number of hydrogen-bond donors (Lipinski definition) is 0. The van der Waals surface area contributed by atoms with Gasteiger partial charge < -0.3 is 14.2 Å². The second kappa shape index (κ2) is 11.8. The van der Waals surface area contributed by atoms with Crippen LogP contribution >= 0.6 is 11.6 Å². The second-order valence-electron chi connectivity index (χ2n) is 11.0. The minimum Gasteiger partial charge on any atom is -0.489 e. The lowest BCUT2D eigenvalue weighted by Crippen LogP contribution is -2.21. The molecule has 1 aliphatic carbocycles. The largest absolute Gasteiger partial charge is 0.489 e. The Labute approximate surface area is 246 Å². The van der Waals surface area contributed by atoms with Gasteiger partial charge in [-0.1, -0.05) is 61.2 Å². The quantitative estimate of drug-likeness (QED) is 0.199. The van der Waals surface area contributed by atoms with E-state index in [-0.39, 0.29) is 5.91 Å². The van der Waals surface area contributed by atoms with Crippen LogP contribution in [0.4, 0.5) is 0 Å². The molecule has 0 unspecified atom stereocenters. The van der Waals surface area contributed by atoms with Crippen LogP contribution in [0.5, 0.6) is 5.75 Å². The van der Waals surface area contributed by atoms with E-state index >= 15 is 0 Å². The van der Waals surface area contributed by atoms with Crippen molar-refractivity contribution in [1.29, 1.82) is 0 Å². The summed E-state index contributed by atoms with van der Waals surface area (Å²) in [6, 6.07) is 30.6. The lowest BCUT2D eigenvalue weighted by Gasteiger charge is -2.25. The van der Waals surface area contributed by atoms with Crippen LogP contribution in [0.1, 0.15) is 54.1 Å². The highest BCUT2D eigenvalue weighted by Gasteiger charge is 2.22. The summed E-state index contributed by atoms with van der Waals surface area (Å²) >= 11 is 6.13. The molecule has 1 amide bonds.